The fourth-order valence-electron chi connectivity index (χ4n) is 1.61. The Morgan fingerprint density at radius 3 is 2.45 bits per heavy atom. The Morgan fingerprint density at radius 2 is 1.90 bits per heavy atom. The molecule has 7 heteroatoms. The standard InChI is InChI=1S/C13H10BrN3O3/c14-10-2-1-3-11(12(10)13(15)16)20-9-6-4-8(5-7-9)17(18)19/h1-7H,(H3,15,16). The highest BCUT2D eigenvalue weighted by Crippen LogP contribution is 2.30. The second-order valence-corrected chi connectivity index (χ2v) is 4.73. The van der Waals surface area contributed by atoms with Crippen LogP contribution in [0.5, 0.6) is 11.5 Å². The number of nitrogens with one attached hydrogen (secondary N) is 1. The summed E-state index contributed by atoms with van der Waals surface area (Å²) >= 11 is 3.30. The number of halogens is 1. The van der Waals surface area contributed by atoms with E-state index in [1.54, 1.807) is 18.2 Å². The van der Waals surface area contributed by atoms with Crippen molar-refractivity contribution in [1.82, 2.24) is 0 Å². The lowest BCUT2D eigenvalue weighted by molar-refractivity contribution is -0.384. The number of nitrogens with zero attached hydrogens (tertiary/aromatic N) is 1. The van der Waals surface area contributed by atoms with Crippen molar-refractivity contribution in [2.45, 2.75) is 0 Å². The maximum absolute atomic E-state index is 10.6. The molecule has 0 heterocycles. The highest BCUT2D eigenvalue weighted by Gasteiger charge is 2.12. The minimum absolute atomic E-state index is 0.0154. The molecule has 0 aliphatic heterocycles. The number of nitrogen functional groups attached to an aromatic ring is 1. The van der Waals surface area contributed by atoms with E-state index in [4.69, 9.17) is 15.9 Å². The summed E-state index contributed by atoms with van der Waals surface area (Å²) in [7, 11) is 0. The lowest BCUT2D eigenvalue weighted by Crippen LogP contribution is -2.13. The number of hydrogen-bond acceptors (Lipinski definition) is 4. The number of amidine groups is 1. The molecule has 0 fully saturated rings. The summed E-state index contributed by atoms with van der Waals surface area (Å²) in [5, 5.41) is 18.1. The minimum atomic E-state index is -0.482. The molecule has 2 aromatic rings. The molecule has 0 saturated carbocycles. The van der Waals surface area contributed by atoms with Crippen molar-refractivity contribution in [3.8, 4) is 11.5 Å². The van der Waals surface area contributed by atoms with Gasteiger partial charge in [0, 0.05) is 16.6 Å². The number of rotatable bonds is 4. The highest BCUT2D eigenvalue weighted by atomic mass is 79.9. The van der Waals surface area contributed by atoms with Gasteiger partial charge in [-0.15, -0.1) is 0 Å². The zero-order chi connectivity index (χ0) is 14.7. The summed E-state index contributed by atoms with van der Waals surface area (Å²) in [6, 6.07) is 10.8. The summed E-state index contributed by atoms with van der Waals surface area (Å²) in [6.45, 7) is 0. The van der Waals surface area contributed by atoms with E-state index >= 15 is 0 Å². The predicted octanol–water partition coefficient (Wildman–Crippen LogP) is 3.43. The van der Waals surface area contributed by atoms with E-state index in [9.17, 15) is 10.1 Å². The third-order valence-electron chi connectivity index (χ3n) is 2.52. The van der Waals surface area contributed by atoms with Gasteiger partial charge in [0.15, 0.2) is 0 Å². The van der Waals surface area contributed by atoms with Crippen LogP contribution in [0.1, 0.15) is 5.56 Å². The first-order valence-corrected chi connectivity index (χ1v) is 6.33. The van der Waals surface area contributed by atoms with Gasteiger partial charge in [0.2, 0.25) is 0 Å². The largest absolute Gasteiger partial charge is 0.457 e. The van der Waals surface area contributed by atoms with Crippen LogP contribution < -0.4 is 10.5 Å². The summed E-state index contributed by atoms with van der Waals surface area (Å²) in [5.41, 5.74) is 5.94. The minimum Gasteiger partial charge on any atom is -0.457 e. The van der Waals surface area contributed by atoms with Gasteiger partial charge in [-0.2, -0.15) is 0 Å². The molecule has 0 aliphatic rings. The molecular weight excluding hydrogens is 326 g/mol. The molecule has 0 unspecified atom stereocenters. The molecule has 20 heavy (non-hydrogen) atoms. The van der Waals surface area contributed by atoms with Crippen LogP contribution in [0.25, 0.3) is 0 Å². The first-order chi connectivity index (χ1) is 9.49. The first-order valence-electron chi connectivity index (χ1n) is 5.54. The first kappa shape index (κ1) is 14.0. The van der Waals surface area contributed by atoms with Gasteiger partial charge in [-0.3, -0.25) is 15.5 Å². The number of nitro benzene ring substituents is 1. The molecule has 0 saturated heterocycles. The lowest BCUT2D eigenvalue weighted by atomic mass is 10.2. The quantitative estimate of drug-likeness (QED) is 0.386. The SMILES string of the molecule is N=C(N)c1c(Br)cccc1Oc1ccc([N+](=O)[O-])cc1. The molecule has 0 radical (unpaired) electrons. The topological polar surface area (TPSA) is 102 Å². The monoisotopic (exact) mass is 335 g/mol. The summed E-state index contributed by atoms with van der Waals surface area (Å²) in [5.74, 6) is 0.700. The van der Waals surface area contributed by atoms with E-state index in [1.807, 2.05) is 0 Å². The number of nitro groups is 1. The molecule has 2 rings (SSSR count). The van der Waals surface area contributed by atoms with Gasteiger partial charge in [0.25, 0.3) is 5.69 Å². The van der Waals surface area contributed by atoms with Crippen LogP contribution in [0.2, 0.25) is 0 Å². The number of nitrogens with two attached hydrogens (primary N) is 1. The van der Waals surface area contributed by atoms with Crippen molar-refractivity contribution in [2.75, 3.05) is 0 Å². The van der Waals surface area contributed by atoms with E-state index in [2.05, 4.69) is 15.9 Å². The Labute approximate surface area is 123 Å². The normalized spacial score (nSPS) is 10.1. The number of non-ortho nitro benzene ring substituents is 1. The van der Waals surface area contributed by atoms with Gasteiger partial charge in [0.05, 0.1) is 10.5 Å². The molecule has 0 amide bonds. The lowest BCUT2D eigenvalue weighted by Gasteiger charge is -2.11. The van der Waals surface area contributed by atoms with Crippen LogP contribution >= 0.6 is 15.9 Å². The van der Waals surface area contributed by atoms with Crippen molar-refractivity contribution in [2.24, 2.45) is 5.73 Å². The highest BCUT2D eigenvalue weighted by molar-refractivity contribution is 9.10. The third kappa shape index (κ3) is 2.94. The van der Waals surface area contributed by atoms with Gasteiger partial charge >= 0.3 is 0 Å². The van der Waals surface area contributed by atoms with Gasteiger partial charge in [0.1, 0.15) is 17.3 Å². The fraction of sp³-hybridized carbons (Fsp3) is 0. The van der Waals surface area contributed by atoms with Crippen molar-refractivity contribution in [3.63, 3.8) is 0 Å². The Hall–Kier alpha value is -2.41. The van der Waals surface area contributed by atoms with E-state index in [-0.39, 0.29) is 11.5 Å². The molecule has 3 N–H and O–H groups in total. The van der Waals surface area contributed by atoms with E-state index in [0.717, 1.165) is 0 Å². The van der Waals surface area contributed by atoms with Gasteiger partial charge in [-0.1, -0.05) is 6.07 Å². The van der Waals surface area contributed by atoms with Crippen LogP contribution in [0, 0.1) is 15.5 Å². The van der Waals surface area contributed by atoms with Crippen molar-refractivity contribution >= 4 is 27.5 Å². The maximum atomic E-state index is 10.6. The van der Waals surface area contributed by atoms with Crippen LogP contribution in [0.3, 0.4) is 0 Å². The third-order valence-corrected chi connectivity index (χ3v) is 3.18. The van der Waals surface area contributed by atoms with Gasteiger partial charge < -0.3 is 10.5 Å². The Kier molecular flexibility index (Phi) is 3.99. The molecule has 2 aromatic carbocycles. The molecule has 6 nitrogen and oxygen atoms in total. The molecule has 0 aromatic heterocycles. The van der Waals surface area contributed by atoms with Gasteiger partial charge in [-0.25, -0.2) is 0 Å². The van der Waals surface area contributed by atoms with Crippen LogP contribution in [0.4, 0.5) is 5.69 Å². The zero-order valence-corrected chi connectivity index (χ0v) is 11.8. The van der Waals surface area contributed by atoms with E-state index in [0.29, 0.717) is 21.5 Å². The second kappa shape index (κ2) is 5.70. The average Bonchev–Trinajstić information content (AvgIpc) is 2.39. The van der Waals surface area contributed by atoms with Crippen LogP contribution in [-0.2, 0) is 0 Å². The number of benzene rings is 2. The zero-order valence-electron chi connectivity index (χ0n) is 10.2. The maximum Gasteiger partial charge on any atom is 0.269 e. The van der Waals surface area contributed by atoms with E-state index in [1.165, 1.54) is 24.3 Å². The summed E-state index contributed by atoms with van der Waals surface area (Å²) in [6.07, 6.45) is 0. The van der Waals surface area contributed by atoms with Crippen molar-refractivity contribution in [1.29, 1.82) is 5.41 Å². The number of hydrogen-bond donors (Lipinski definition) is 2. The Morgan fingerprint density at radius 1 is 1.25 bits per heavy atom. The number of ether oxygens (including phenoxy) is 1. The second-order valence-electron chi connectivity index (χ2n) is 3.88. The van der Waals surface area contributed by atoms with Gasteiger partial charge in [-0.05, 0) is 40.2 Å². The Balaban J connectivity index is 2.33. The predicted molar refractivity (Wildman–Crippen MR) is 78.3 cm³/mol. The molecule has 0 aliphatic carbocycles. The molecule has 0 spiro atoms. The average molecular weight is 336 g/mol. The molecule has 102 valence electrons. The molecule has 0 bridgehead atoms. The van der Waals surface area contributed by atoms with Crippen LogP contribution in [0.15, 0.2) is 46.9 Å². The summed E-state index contributed by atoms with van der Waals surface area (Å²) < 4.78 is 6.26. The smallest absolute Gasteiger partial charge is 0.269 e. The van der Waals surface area contributed by atoms with Crippen molar-refractivity contribution in [3.05, 3.63) is 62.6 Å². The molecular formula is C13H10BrN3O3. The van der Waals surface area contributed by atoms with E-state index < -0.39 is 4.92 Å². The molecule has 0 atom stereocenters. The summed E-state index contributed by atoms with van der Waals surface area (Å²) in [4.78, 5) is 10.1. The Bertz CT molecular complexity index is 671. The van der Waals surface area contributed by atoms with Crippen LogP contribution in [-0.4, -0.2) is 10.8 Å². The van der Waals surface area contributed by atoms with Crippen molar-refractivity contribution < 1.29 is 9.66 Å². The fourth-order valence-corrected chi connectivity index (χ4v) is 2.18.